The van der Waals surface area contributed by atoms with Crippen LogP contribution >= 0.6 is 0 Å². The molecule has 20 heavy (non-hydrogen) atoms. The minimum absolute atomic E-state index is 0.0238. The van der Waals surface area contributed by atoms with Gasteiger partial charge in [-0.05, 0) is 35.9 Å². The van der Waals surface area contributed by atoms with Crippen molar-refractivity contribution in [3.63, 3.8) is 0 Å². The number of methoxy groups -OCH3 is 2. The third-order valence-corrected chi connectivity index (χ3v) is 3.05. The van der Waals surface area contributed by atoms with Crippen molar-refractivity contribution in [3.8, 4) is 11.5 Å². The van der Waals surface area contributed by atoms with E-state index in [9.17, 15) is 4.79 Å². The molecule has 0 fully saturated rings. The quantitative estimate of drug-likeness (QED) is 0.671. The van der Waals surface area contributed by atoms with Gasteiger partial charge in [-0.25, -0.2) is 0 Å². The molecule has 0 radical (unpaired) electrons. The van der Waals surface area contributed by atoms with Gasteiger partial charge in [-0.2, -0.15) is 0 Å². The lowest BCUT2D eigenvalue weighted by Gasteiger charge is -2.09. The van der Waals surface area contributed by atoms with E-state index in [-0.39, 0.29) is 5.78 Å². The fourth-order valence-corrected chi connectivity index (χ4v) is 1.93. The number of rotatable bonds is 5. The Hall–Kier alpha value is -2.49. The molecule has 104 valence electrons. The van der Waals surface area contributed by atoms with Crippen LogP contribution in [0, 0.1) is 0 Å². The summed E-state index contributed by atoms with van der Waals surface area (Å²) in [6.45, 7) is 0. The Labute approximate surface area is 118 Å². The lowest BCUT2D eigenvalue weighted by atomic mass is 10.0. The highest BCUT2D eigenvalue weighted by Crippen LogP contribution is 2.28. The van der Waals surface area contributed by atoms with Gasteiger partial charge in [0.1, 0.15) is 0 Å². The number of ketones is 1. The number of anilines is 1. The van der Waals surface area contributed by atoms with Crippen molar-refractivity contribution >= 4 is 11.5 Å². The van der Waals surface area contributed by atoms with Crippen LogP contribution in [0.1, 0.15) is 15.9 Å². The number of nitrogen functional groups attached to an aromatic ring is 1. The molecule has 0 saturated heterocycles. The van der Waals surface area contributed by atoms with Gasteiger partial charge in [0.15, 0.2) is 17.3 Å². The van der Waals surface area contributed by atoms with E-state index in [0.717, 1.165) is 5.56 Å². The molecular formula is C16H17NO3. The van der Waals surface area contributed by atoms with Crippen molar-refractivity contribution < 1.29 is 14.3 Å². The summed E-state index contributed by atoms with van der Waals surface area (Å²) in [5, 5.41) is 0. The molecule has 0 spiro atoms. The maximum Gasteiger partial charge on any atom is 0.167 e. The summed E-state index contributed by atoms with van der Waals surface area (Å²) in [7, 11) is 3.11. The molecule has 0 aromatic heterocycles. The van der Waals surface area contributed by atoms with E-state index >= 15 is 0 Å². The molecule has 0 aliphatic heterocycles. The minimum atomic E-state index is 0.0238. The SMILES string of the molecule is COc1ccc(C(=O)Cc2ccc(N)cc2)cc1OC. The normalized spacial score (nSPS) is 10.1. The third-order valence-electron chi connectivity index (χ3n) is 3.05. The average Bonchev–Trinajstić information content (AvgIpc) is 2.48. The molecular weight excluding hydrogens is 254 g/mol. The molecule has 0 amide bonds. The van der Waals surface area contributed by atoms with Gasteiger partial charge in [0.2, 0.25) is 0 Å². The average molecular weight is 271 g/mol. The number of carbonyl (C=O) groups is 1. The molecule has 4 heteroatoms. The maximum atomic E-state index is 12.2. The monoisotopic (exact) mass is 271 g/mol. The van der Waals surface area contributed by atoms with Crippen molar-refractivity contribution in [2.24, 2.45) is 0 Å². The van der Waals surface area contributed by atoms with Gasteiger partial charge in [-0.1, -0.05) is 12.1 Å². The van der Waals surface area contributed by atoms with Gasteiger partial charge < -0.3 is 15.2 Å². The first-order valence-corrected chi connectivity index (χ1v) is 6.23. The Morgan fingerprint density at radius 2 is 1.65 bits per heavy atom. The zero-order valence-electron chi connectivity index (χ0n) is 11.6. The van der Waals surface area contributed by atoms with Crippen LogP contribution in [-0.4, -0.2) is 20.0 Å². The lowest BCUT2D eigenvalue weighted by molar-refractivity contribution is 0.0992. The largest absolute Gasteiger partial charge is 0.493 e. The van der Waals surface area contributed by atoms with Crippen molar-refractivity contribution in [2.75, 3.05) is 20.0 Å². The van der Waals surface area contributed by atoms with Crippen LogP contribution in [0.3, 0.4) is 0 Å². The first kappa shape index (κ1) is 13.9. The Balaban J connectivity index is 2.18. The van der Waals surface area contributed by atoms with Crippen LogP contribution in [0.4, 0.5) is 5.69 Å². The molecule has 0 aliphatic carbocycles. The van der Waals surface area contributed by atoms with Gasteiger partial charge in [0.05, 0.1) is 14.2 Å². The summed E-state index contributed by atoms with van der Waals surface area (Å²) < 4.78 is 10.4. The van der Waals surface area contributed by atoms with Crippen molar-refractivity contribution in [1.82, 2.24) is 0 Å². The summed E-state index contributed by atoms with van der Waals surface area (Å²) in [4.78, 5) is 12.2. The Bertz CT molecular complexity index is 606. The molecule has 2 N–H and O–H groups in total. The number of carbonyl (C=O) groups excluding carboxylic acids is 1. The second-order valence-corrected chi connectivity index (χ2v) is 4.41. The van der Waals surface area contributed by atoms with E-state index in [0.29, 0.717) is 29.2 Å². The molecule has 0 saturated carbocycles. The van der Waals surface area contributed by atoms with Crippen LogP contribution in [-0.2, 0) is 6.42 Å². The topological polar surface area (TPSA) is 61.5 Å². The fourth-order valence-electron chi connectivity index (χ4n) is 1.93. The molecule has 2 rings (SSSR count). The van der Waals surface area contributed by atoms with Gasteiger partial charge in [0, 0.05) is 17.7 Å². The second kappa shape index (κ2) is 6.10. The summed E-state index contributed by atoms with van der Waals surface area (Å²) in [6, 6.07) is 12.4. The van der Waals surface area contributed by atoms with Gasteiger partial charge in [-0.3, -0.25) is 4.79 Å². The molecule has 0 unspecified atom stereocenters. The molecule has 0 aliphatic rings. The zero-order valence-corrected chi connectivity index (χ0v) is 11.6. The fraction of sp³-hybridized carbons (Fsp3) is 0.188. The number of hydrogen-bond acceptors (Lipinski definition) is 4. The first-order valence-electron chi connectivity index (χ1n) is 6.23. The number of Topliss-reactive ketones (excluding diaryl/α,β-unsaturated/α-hetero) is 1. The predicted molar refractivity (Wildman–Crippen MR) is 78.4 cm³/mol. The zero-order chi connectivity index (χ0) is 14.5. The maximum absolute atomic E-state index is 12.2. The highest BCUT2D eigenvalue weighted by atomic mass is 16.5. The number of hydrogen-bond donors (Lipinski definition) is 1. The van der Waals surface area contributed by atoms with Crippen LogP contribution in [0.15, 0.2) is 42.5 Å². The number of nitrogens with two attached hydrogens (primary N) is 1. The number of benzene rings is 2. The molecule has 0 heterocycles. The summed E-state index contributed by atoms with van der Waals surface area (Å²) in [5.74, 6) is 1.18. The Morgan fingerprint density at radius 3 is 2.25 bits per heavy atom. The van der Waals surface area contributed by atoms with E-state index in [1.165, 1.54) is 0 Å². The molecule has 0 bridgehead atoms. The van der Waals surface area contributed by atoms with E-state index in [1.54, 1.807) is 44.6 Å². The highest BCUT2D eigenvalue weighted by molar-refractivity contribution is 5.98. The summed E-state index contributed by atoms with van der Waals surface area (Å²) in [6.07, 6.45) is 0.329. The summed E-state index contributed by atoms with van der Waals surface area (Å²) >= 11 is 0. The standard InChI is InChI=1S/C16H17NO3/c1-19-15-8-5-12(10-16(15)20-2)14(18)9-11-3-6-13(17)7-4-11/h3-8,10H,9,17H2,1-2H3. The molecule has 2 aromatic rings. The van der Waals surface area contributed by atoms with E-state index in [2.05, 4.69) is 0 Å². The van der Waals surface area contributed by atoms with Gasteiger partial charge >= 0.3 is 0 Å². The van der Waals surface area contributed by atoms with Crippen molar-refractivity contribution in [2.45, 2.75) is 6.42 Å². The smallest absolute Gasteiger partial charge is 0.167 e. The molecule has 0 atom stereocenters. The Kier molecular flexibility index (Phi) is 4.25. The van der Waals surface area contributed by atoms with Crippen molar-refractivity contribution in [1.29, 1.82) is 0 Å². The van der Waals surface area contributed by atoms with E-state index in [4.69, 9.17) is 15.2 Å². The predicted octanol–water partition coefficient (Wildman–Crippen LogP) is 2.71. The van der Waals surface area contributed by atoms with Crippen LogP contribution in [0.2, 0.25) is 0 Å². The van der Waals surface area contributed by atoms with Crippen LogP contribution in [0.25, 0.3) is 0 Å². The Morgan fingerprint density at radius 1 is 1.00 bits per heavy atom. The van der Waals surface area contributed by atoms with Gasteiger partial charge in [0.25, 0.3) is 0 Å². The highest BCUT2D eigenvalue weighted by Gasteiger charge is 2.11. The first-order chi connectivity index (χ1) is 9.63. The van der Waals surface area contributed by atoms with Crippen LogP contribution in [0.5, 0.6) is 11.5 Å². The molecule has 4 nitrogen and oxygen atoms in total. The van der Waals surface area contributed by atoms with E-state index in [1.807, 2.05) is 12.1 Å². The second-order valence-electron chi connectivity index (χ2n) is 4.41. The molecule has 2 aromatic carbocycles. The minimum Gasteiger partial charge on any atom is -0.493 e. The summed E-state index contributed by atoms with van der Waals surface area (Å²) in [5.41, 5.74) is 7.84. The van der Waals surface area contributed by atoms with Crippen molar-refractivity contribution in [3.05, 3.63) is 53.6 Å². The van der Waals surface area contributed by atoms with E-state index < -0.39 is 0 Å². The van der Waals surface area contributed by atoms with Gasteiger partial charge in [-0.15, -0.1) is 0 Å². The third kappa shape index (κ3) is 3.09. The lowest BCUT2D eigenvalue weighted by Crippen LogP contribution is -2.04. The number of ether oxygens (including phenoxy) is 2. The van der Waals surface area contributed by atoms with Crippen LogP contribution < -0.4 is 15.2 Å².